The maximum absolute atomic E-state index is 9.20. The molecule has 0 saturated heterocycles. The van der Waals surface area contributed by atoms with Crippen molar-refractivity contribution in [1.82, 2.24) is 0 Å². The number of hydrogen-bond acceptors (Lipinski definition) is 3. The van der Waals surface area contributed by atoms with E-state index in [9.17, 15) is 5.26 Å². The summed E-state index contributed by atoms with van der Waals surface area (Å²) < 4.78 is 7.04. The third kappa shape index (κ3) is 2.97. The molecule has 20 heavy (non-hydrogen) atoms. The lowest BCUT2D eigenvalue weighted by molar-refractivity contribution is 0.412. The van der Waals surface area contributed by atoms with Crippen molar-refractivity contribution in [3.63, 3.8) is 0 Å². The van der Waals surface area contributed by atoms with Crippen molar-refractivity contribution in [2.75, 3.05) is 12.4 Å². The van der Waals surface area contributed by atoms with Gasteiger partial charge in [0.15, 0.2) is 0 Å². The summed E-state index contributed by atoms with van der Waals surface area (Å²) in [5.41, 5.74) is 3.27. The second-order valence-corrected chi connectivity index (χ2v) is 5.91. The second-order valence-electron chi connectivity index (χ2n) is 4.20. The zero-order chi connectivity index (χ0) is 14.7. The van der Waals surface area contributed by atoms with Crippen LogP contribution in [0.5, 0.6) is 5.75 Å². The number of hydrogen-bond donors (Lipinski definition) is 1. The van der Waals surface area contributed by atoms with Crippen LogP contribution in [0.4, 0.5) is 11.4 Å². The third-order valence-corrected chi connectivity index (χ3v) is 4.17. The Balaban J connectivity index is 2.48. The van der Waals surface area contributed by atoms with E-state index in [-0.39, 0.29) is 0 Å². The van der Waals surface area contributed by atoms with E-state index in [1.165, 1.54) is 0 Å². The molecule has 2 aromatic rings. The van der Waals surface area contributed by atoms with Crippen LogP contribution in [-0.2, 0) is 0 Å². The second kappa shape index (κ2) is 6.29. The number of aryl methyl sites for hydroxylation is 1. The number of nitrogens with zero attached hydrogens (tertiary/aromatic N) is 1. The van der Waals surface area contributed by atoms with Crippen LogP contribution in [0.25, 0.3) is 0 Å². The number of anilines is 2. The van der Waals surface area contributed by atoms with Gasteiger partial charge in [-0.3, -0.25) is 0 Å². The molecule has 2 aromatic carbocycles. The number of halogens is 2. The first-order valence-corrected chi connectivity index (χ1v) is 7.45. The van der Waals surface area contributed by atoms with Gasteiger partial charge in [0, 0.05) is 10.5 Å². The van der Waals surface area contributed by atoms with Crippen molar-refractivity contribution in [3.8, 4) is 11.8 Å². The molecule has 0 amide bonds. The Hall–Kier alpha value is -1.51. The molecular weight excluding hydrogens is 384 g/mol. The van der Waals surface area contributed by atoms with E-state index in [1.54, 1.807) is 13.2 Å². The topological polar surface area (TPSA) is 45.0 Å². The highest BCUT2D eigenvalue weighted by Gasteiger charge is 2.11. The Bertz CT molecular complexity index is 693. The lowest BCUT2D eigenvalue weighted by Gasteiger charge is -2.14. The molecule has 3 nitrogen and oxygen atoms in total. The quantitative estimate of drug-likeness (QED) is 0.781. The SMILES string of the molecule is COc1cc(Nc2c(C)cccc2C#N)c(Br)cc1Br. The van der Waals surface area contributed by atoms with Crippen molar-refractivity contribution in [2.45, 2.75) is 6.92 Å². The Kier molecular flexibility index (Phi) is 4.69. The number of nitrogens with one attached hydrogen (secondary N) is 1. The van der Waals surface area contributed by atoms with Gasteiger partial charge in [-0.25, -0.2) is 0 Å². The molecule has 0 heterocycles. The fourth-order valence-electron chi connectivity index (χ4n) is 1.84. The summed E-state index contributed by atoms with van der Waals surface area (Å²) in [4.78, 5) is 0. The molecular formula is C15H12Br2N2O. The van der Waals surface area contributed by atoms with Crippen molar-refractivity contribution in [1.29, 1.82) is 5.26 Å². The van der Waals surface area contributed by atoms with Gasteiger partial charge in [-0.1, -0.05) is 12.1 Å². The summed E-state index contributed by atoms with van der Waals surface area (Å²) in [6.45, 7) is 1.97. The van der Waals surface area contributed by atoms with Gasteiger partial charge in [0.1, 0.15) is 11.8 Å². The van der Waals surface area contributed by atoms with Gasteiger partial charge in [0.25, 0.3) is 0 Å². The summed E-state index contributed by atoms with van der Waals surface area (Å²) in [5, 5.41) is 12.5. The molecule has 0 atom stereocenters. The summed E-state index contributed by atoms with van der Waals surface area (Å²) in [6.07, 6.45) is 0. The summed E-state index contributed by atoms with van der Waals surface area (Å²) >= 11 is 6.94. The van der Waals surface area contributed by atoms with E-state index in [0.717, 1.165) is 31.6 Å². The van der Waals surface area contributed by atoms with Crippen molar-refractivity contribution >= 4 is 43.2 Å². The number of methoxy groups -OCH3 is 1. The lowest BCUT2D eigenvalue weighted by Crippen LogP contribution is -1.98. The van der Waals surface area contributed by atoms with E-state index < -0.39 is 0 Å². The Morgan fingerprint density at radius 2 is 1.95 bits per heavy atom. The Morgan fingerprint density at radius 1 is 1.20 bits per heavy atom. The summed E-state index contributed by atoms with van der Waals surface area (Å²) in [7, 11) is 1.62. The van der Waals surface area contributed by atoms with E-state index in [0.29, 0.717) is 5.56 Å². The molecule has 2 rings (SSSR count). The fraction of sp³-hybridized carbons (Fsp3) is 0.133. The molecule has 0 radical (unpaired) electrons. The zero-order valence-corrected chi connectivity index (χ0v) is 14.2. The van der Waals surface area contributed by atoms with Gasteiger partial charge in [-0.05, 0) is 56.5 Å². The first-order chi connectivity index (χ1) is 9.56. The van der Waals surface area contributed by atoms with E-state index in [2.05, 4.69) is 43.2 Å². The molecule has 0 fully saturated rings. The van der Waals surface area contributed by atoms with Crippen LogP contribution in [0.3, 0.4) is 0 Å². The minimum absolute atomic E-state index is 0.610. The molecule has 5 heteroatoms. The van der Waals surface area contributed by atoms with Crippen LogP contribution in [-0.4, -0.2) is 7.11 Å². The first-order valence-electron chi connectivity index (χ1n) is 5.86. The average molecular weight is 396 g/mol. The minimum Gasteiger partial charge on any atom is -0.495 e. The fourth-order valence-corrected chi connectivity index (χ4v) is 3.10. The predicted octanol–water partition coefficient (Wildman–Crippen LogP) is 5.14. The highest BCUT2D eigenvalue weighted by Crippen LogP contribution is 2.37. The van der Waals surface area contributed by atoms with Gasteiger partial charge in [-0.2, -0.15) is 5.26 Å². The summed E-state index contributed by atoms with van der Waals surface area (Å²) in [5.74, 6) is 0.725. The first kappa shape index (κ1) is 14.9. The average Bonchev–Trinajstić information content (AvgIpc) is 2.43. The van der Waals surface area contributed by atoms with Gasteiger partial charge in [0.2, 0.25) is 0 Å². The largest absolute Gasteiger partial charge is 0.495 e. The molecule has 1 N–H and O–H groups in total. The number of benzene rings is 2. The van der Waals surface area contributed by atoms with E-state index in [4.69, 9.17) is 4.74 Å². The smallest absolute Gasteiger partial charge is 0.135 e. The van der Waals surface area contributed by atoms with Gasteiger partial charge < -0.3 is 10.1 Å². The normalized spacial score (nSPS) is 9.95. The van der Waals surface area contributed by atoms with Crippen LogP contribution in [0.2, 0.25) is 0 Å². The maximum atomic E-state index is 9.20. The molecule has 102 valence electrons. The summed E-state index contributed by atoms with van der Waals surface area (Å²) in [6, 6.07) is 11.6. The van der Waals surface area contributed by atoms with Crippen LogP contribution in [0.1, 0.15) is 11.1 Å². The highest BCUT2D eigenvalue weighted by molar-refractivity contribution is 9.11. The van der Waals surface area contributed by atoms with Crippen molar-refractivity contribution in [3.05, 3.63) is 50.4 Å². The zero-order valence-electron chi connectivity index (χ0n) is 11.0. The Labute approximate surface area is 134 Å². The maximum Gasteiger partial charge on any atom is 0.135 e. The standard InChI is InChI=1S/C15H12Br2N2O/c1-9-4-3-5-10(8-18)15(9)19-13-7-14(20-2)12(17)6-11(13)16/h3-7,19H,1-2H3. The van der Waals surface area contributed by atoms with Crippen molar-refractivity contribution in [2.24, 2.45) is 0 Å². The third-order valence-electron chi connectivity index (χ3n) is 2.89. The van der Waals surface area contributed by atoms with Gasteiger partial charge >= 0.3 is 0 Å². The Morgan fingerprint density at radius 3 is 2.60 bits per heavy atom. The van der Waals surface area contributed by atoms with E-state index in [1.807, 2.05) is 31.2 Å². The number of ether oxygens (including phenoxy) is 1. The predicted molar refractivity (Wildman–Crippen MR) is 87.6 cm³/mol. The monoisotopic (exact) mass is 394 g/mol. The lowest BCUT2D eigenvalue weighted by atomic mass is 10.1. The molecule has 0 aliphatic heterocycles. The molecule has 0 aliphatic carbocycles. The number of rotatable bonds is 3. The molecule has 0 aliphatic rings. The highest BCUT2D eigenvalue weighted by atomic mass is 79.9. The van der Waals surface area contributed by atoms with Crippen LogP contribution < -0.4 is 10.1 Å². The van der Waals surface area contributed by atoms with Gasteiger partial charge in [-0.15, -0.1) is 0 Å². The molecule has 0 saturated carbocycles. The van der Waals surface area contributed by atoms with Crippen LogP contribution >= 0.6 is 31.9 Å². The van der Waals surface area contributed by atoms with Crippen LogP contribution in [0, 0.1) is 18.3 Å². The van der Waals surface area contributed by atoms with Gasteiger partial charge in [0.05, 0.1) is 28.5 Å². The minimum atomic E-state index is 0.610. The van der Waals surface area contributed by atoms with Crippen LogP contribution in [0.15, 0.2) is 39.3 Å². The van der Waals surface area contributed by atoms with Crippen molar-refractivity contribution < 1.29 is 4.74 Å². The van der Waals surface area contributed by atoms with E-state index >= 15 is 0 Å². The number of para-hydroxylation sites is 1. The number of nitriles is 1. The molecule has 0 aromatic heterocycles. The molecule has 0 spiro atoms. The molecule has 0 unspecified atom stereocenters. The molecule has 0 bridgehead atoms.